The molecule has 28 heavy (non-hydrogen) atoms. The molecule has 0 saturated carbocycles. The van der Waals surface area contributed by atoms with Crippen LogP contribution in [0.25, 0.3) is 0 Å². The summed E-state index contributed by atoms with van der Waals surface area (Å²) < 4.78 is 21.5. The van der Waals surface area contributed by atoms with Gasteiger partial charge in [-0.2, -0.15) is 0 Å². The molecule has 1 aromatic heterocycles. The third kappa shape index (κ3) is 5.36. The highest BCUT2D eigenvalue weighted by molar-refractivity contribution is 14.0. The smallest absolute Gasteiger partial charge is 0.193 e. The van der Waals surface area contributed by atoms with Crippen molar-refractivity contribution in [1.82, 2.24) is 19.8 Å². The minimum Gasteiger partial charge on any atom is -0.491 e. The number of halogens is 2. The molecule has 1 N–H and O–H groups in total. The van der Waals surface area contributed by atoms with E-state index in [4.69, 9.17) is 4.74 Å². The molecule has 2 heterocycles. The molecule has 1 aliphatic heterocycles. The number of imidazole rings is 1. The fraction of sp³-hybridized carbons (Fsp3) is 0.500. The normalized spacial score (nSPS) is 19.9. The van der Waals surface area contributed by atoms with Crippen molar-refractivity contribution >= 4 is 29.9 Å². The lowest BCUT2D eigenvalue weighted by Crippen LogP contribution is -2.48. The Bertz CT molecular complexity index is 768. The zero-order valence-corrected chi connectivity index (χ0v) is 19.0. The zero-order valence-electron chi connectivity index (χ0n) is 16.6. The Morgan fingerprint density at radius 2 is 2.25 bits per heavy atom. The van der Waals surface area contributed by atoms with Gasteiger partial charge in [-0.1, -0.05) is 13.0 Å². The summed E-state index contributed by atoms with van der Waals surface area (Å²) in [6.45, 7) is 6.90. The van der Waals surface area contributed by atoms with Crippen LogP contribution >= 0.6 is 24.0 Å². The van der Waals surface area contributed by atoms with Gasteiger partial charge < -0.3 is 19.5 Å². The number of ether oxygens (including phenoxy) is 1. The van der Waals surface area contributed by atoms with Crippen molar-refractivity contribution in [3.8, 4) is 5.75 Å². The Morgan fingerprint density at radius 1 is 1.43 bits per heavy atom. The minimum atomic E-state index is -0.335. The van der Waals surface area contributed by atoms with Gasteiger partial charge in [0.15, 0.2) is 17.5 Å². The molecule has 6 nitrogen and oxygen atoms in total. The van der Waals surface area contributed by atoms with Crippen LogP contribution in [0.1, 0.15) is 31.9 Å². The summed E-state index contributed by atoms with van der Waals surface area (Å²) in [7, 11) is 1.78. The van der Waals surface area contributed by atoms with E-state index in [9.17, 15) is 4.39 Å². The maximum Gasteiger partial charge on any atom is 0.193 e. The zero-order chi connectivity index (χ0) is 19.2. The third-order valence-electron chi connectivity index (χ3n) is 5.08. The Morgan fingerprint density at radius 3 is 2.89 bits per heavy atom. The van der Waals surface area contributed by atoms with Crippen LogP contribution in [0, 0.1) is 11.7 Å². The van der Waals surface area contributed by atoms with Crippen LogP contribution in [-0.4, -0.2) is 47.2 Å². The number of aliphatic imine (C=N–C) groups is 1. The molecule has 2 aromatic rings. The van der Waals surface area contributed by atoms with E-state index < -0.39 is 0 Å². The first kappa shape index (κ1) is 22.4. The number of likely N-dealkylation sites (tertiary alicyclic amines) is 1. The van der Waals surface area contributed by atoms with Crippen LogP contribution in [0.4, 0.5) is 4.39 Å². The highest BCUT2D eigenvalue weighted by atomic mass is 127. The van der Waals surface area contributed by atoms with Crippen LogP contribution in [-0.2, 0) is 6.54 Å². The van der Waals surface area contributed by atoms with E-state index in [1.165, 1.54) is 6.07 Å². The molecule has 1 aliphatic rings. The molecule has 0 spiro atoms. The number of aromatic nitrogens is 2. The standard InChI is InChI=1S/C20H28FN5O.HI/c1-4-27-19-6-5-16(11-17(19)21)12-24-20(22-3)25-9-7-15(2)18(13-25)26-10-8-23-14-26;/h5-6,8,10-11,14-15,18H,4,7,9,12-13H2,1-3H3,(H,22,24);1H. The van der Waals surface area contributed by atoms with Gasteiger partial charge in [0.1, 0.15) is 0 Å². The van der Waals surface area contributed by atoms with E-state index in [-0.39, 0.29) is 29.8 Å². The fourth-order valence-electron chi connectivity index (χ4n) is 3.54. The van der Waals surface area contributed by atoms with Crippen LogP contribution in [0.3, 0.4) is 0 Å². The Kier molecular flexibility index (Phi) is 8.53. The molecule has 154 valence electrons. The van der Waals surface area contributed by atoms with Crippen molar-refractivity contribution < 1.29 is 9.13 Å². The fourth-order valence-corrected chi connectivity index (χ4v) is 3.54. The Labute approximate surface area is 183 Å². The molecule has 1 aromatic carbocycles. The first-order valence-electron chi connectivity index (χ1n) is 9.46. The summed E-state index contributed by atoms with van der Waals surface area (Å²) >= 11 is 0. The number of hydrogen-bond donors (Lipinski definition) is 1. The molecule has 0 radical (unpaired) electrons. The minimum absolute atomic E-state index is 0. The van der Waals surface area contributed by atoms with Crippen LogP contribution in [0.2, 0.25) is 0 Å². The Balaban J connectivity index is 0.00000280. The molecule has 2 atom stereocenters. The predicted octanol–water partition coefficient (Wildman–Crippen LogP) is 3.70. The first-order chi connectivity index (χ1) is 13.1. The van der Waals surface area contributed by atoms with Gasteiger partial charge in [0, 0.05) is 39.1 Å². The Hall–Kier alpha value is -1.84. The van der Waals surface area contributed by atoms with E-state index in [1.54, 1.807) is 13.1 Å². The van der Waals surface area contributed by atoms with Crippen molar-refractivity contribution in [2.45, 2.75) is 32.9 Å². The van der Waals surface area contributed by atoms with Gasteiger partial charge in [-0.3, -0.25) is 4.99 Å². The summed E-state index contributed by atoms with van der Waals surface area (Å²) in [4.78, 5) is 10.9. The topological polar surface area (TPSA) is 54.7 Å². The summed E-state index contributed by atoms with van der Waals surface area (Å²) in [5.41, 5.74) is 0.855. The summed E-state index contributed by atoms with van der Waals surface area (Å²) in [5, 5.41) is 3.36. The third-order valence-corrected chi connectivity index (χ3v) is 5.08. The van der Waals surface area contributed by atoms with Gasteiger partial charge in [-0.15, -0.1) is 24.0 Å². The van der Waals surface area contributed by atoms with Crippen molar-refractivity contribution in [1.29, 1.82) is 0 Å². The van der Waals surface area contributed by atoms with Gasteiger partial charge in [0.25, 0.3) is 0 Å². The van der Waals surface area contributed by atoms with Gasteiger partial charge in [0.2, 0.25) is 0 Å². The number of hydrogen-bond acceptors (Lipinski definition) is 3. The van der Waals surface area contributed by atoms with Gasteiger partial charge in [0.05, 0.1) is 19.0 Å². The van der Waals surface area contributed by atoms with Gasteiger partial charge in [-0.25, -0.2) is 9.37 Å². The monoisotopic (exact) mass is 501 g/mol. The number of piperidine rings is 1. The number of rotatable bonds is 5. The number of nitrogens with one attached hydrogen (secondary N) is 1. The van der Waals surface area contributed by atoms with Crippen molar-refractivity contribution in [3.05, 3.63) is 48.3 Å². The van der Waals surface area contributed by atoms with E-state index in [0.717, 1.165) is 31.0 Å². The molecule has 0 bridgehead atoms. The number of nitrogens with zero attached hydrogens (tertiary/aromatic N) is 4. The number of guanidine groups is 1. The van der Waals surface area contributed by atoms with Crippen molar-refractivity contribution in [2.24, 2.45) is 10.9 Å². The average molecular weight is 501 g/mol. The SMILES string of the molecule is CCOc1ccc(CNC(=NC)N2CCC(C)C(n3ccnc3)C2)cc1F.I. The maximum absolute atomic E-state index is 14.0. The highest BCUT2D eigenvalue weighted by Gasteiger charge is 2.28. The van der Waals surface area contributed by atoms with Gasteiger partial charge >= 0.3 is 0 Å². The average Bonchev–Trinajstić information content (AvgIpc) is 3.20. The summed E-state index contributed by atoms with van der Waals surface area (Å²) in [6.07, 6.45) is 6.80. The molecular formula is C20H29FIN5O. The molecule has 3 rings (SSSR count). The number of benzene rings is 1. The van der Waals surface area contributed by atoms with Crippen molar-refractivity contribution in [3.63, 3.8) is 0 Å². The van der Waals surface area contributed by atoms with Crippen LogP contribution < -0.4 is 10.1 Å². The molecule has 1 saturated heterocycles. The molecule has 0 aliphatic carbocycles. The predicted molar refractivity (Wildman–Crippen MR) is 120 cm³/mol. The van der Waals surface area contributed by atoms with E-state index in [2.05, 4.69) is 31.7 Å². The van der Waals surface area contributed by atoms with Gasteiger partial charge in [-0.05, 0) is 37.0 Å². The lowest BCUT2D eigenvalue weighted by molar-refractivity contribution is 0.189. The largest absolute Gasteiger partial charge is 0.491 e. The van der Waals surface area contributed by atoms with Crippen LogP contribution in [0.15, 0.2) is 41.9 Å². The molecule has 1 fully saturated rings. The molecule has 0 amide bonds. The lowest BCUT2D eigenvalue weighted by atomic mass is 9.93. The quantitative estimate of drug-likeness (QED) is 0.386. The van der Waals surface area contributed by atoms with E-state index in [0.29, 0.717) is 30.9 Å². The summed E-state index contributed by atoms with van der Waals surface area (Å²) in [6, 6.07) is 5.43. The molecule has 2 unspecified atom stereocenters. The van der Waals surface area contributed by atoms with E-state index in [1.807, 2.05) is 31.7 Å². The van der Waals surface area contributed by atoms with Crippen LogP contribution in [0.5, 0.6) is 5.75 Å². The first-order valence-corrected chi connectivity index (χ1v) is 9.46. The second-order valence-electron chi connectivity index (χ2n) is 6.89. The summed E-state index contributed by atoms with van der Waals surface area (Å²) in [5.74, 6) is 1.37. The second-order valence-corrected chi connectivity index (χ2v) is 6.89. The maximum atomic E-state index is 14.0. The van der Waals surface area contributed by atoms with E-state index >= 15 is 0 Å². The van der Waals surface area contributed by atoms with Crippen molar-refractivity contribution in [2.75, 3.05) is 26.7 Å². The molecule has 8 heteroatoms. The highest BCUT2D eigenvalue weighted by Crippen LogP contribution is 2.27. The second kappa shape index (κ2) is 10.6. The molecular weight excluding hydrogens is 472 g/mol. The lowest BCUT2D eigenvalue weighted by Gasteiger charge is -2.39.